The van der Waals surface area contributed by atoms with Crippen LogP contribution in [0.15, 0.2) is 83.5 Å². The first-order chi connectivity index (χ1) is 18.3. The Labute approximate surface area is 229 Å². The third-order valence-corrected chi connectivity index (χ3v) is 6.28. The van der Waals surface area contributed by atoms with E-state index in [2.05, 4.69) is 10.6 Å². The zero-order valence-electron chi connectivity index (χ0n) is 20.3. The highest BCUT2D eigenvalue weighted by Crippen LogP contribution is 2.25. The Morgan fingerprint density at radius 1 is 0.868 bits per heavy atom. The van der Waals surface area contributed by atoms with Gasteiger partial charge in [0.2, 0.25) is 0 Å². The number of carbonyl (C=O) groups excluding carboxylic acids is 4. The van der Waals surface area contributed by atoms with Crippen LogP contribution in [0.3, 0.4) is 0 Å². The summed E-state index contributed by atoms with van der Waals surface area (Å²) < 4.78 is 4.99. The van der Waals surface area contributed by atoms with Crippen molar-refractivity contribution in [2.24, 2.45) is 0 Å². The van der Waals surface area contributed by atoms with Crippen LogP contribution in [0.25, 0.3) is 0 Å². The van der Waals surface area contributed by atoms with Gasteiger partial charge in [0.05, 0.1) is 18.7 Å². The van der Waals surface area contributed by atoms with E-state index in [0.29, 0.717) is 21.8 Å². The fourth-order valence-electron chi connectivity index (χ4n) is 3.72. The van der Waals surface area contributed by atoms with Crippen molar-refractivity contribution in [2.75, 3.05) is 11.9 Å². The fourth-order valence-corrected chi connectivity index (χ4v) is 4.10. The normalized spacial score (nSPS) is 13.1. The quantitative estimate of drug-likeness (QED) is 0.290. The zero-order chi connectivity index (χ0) is 27.2. The zero-order valence-corrected chi connectivity index (χ0v) is 21.8. The predicted octanol–water partition coefficient (Wildman–Crippen LogP) is 4.88. The van der Waals surface area contributed by atoms with Gasteiger partial charge in [0, 0.05) is 22.8 Å². The second kappa shape index (κ2) is 11.9. The standard InChI is InChI=1S/C28H23Cl2N3O5/c1-2-38-28(37)20-4-3-5-22(14-20)32-25(34)19-10-6-17(7-11-19)15-31-24-23(30)26(35)33(27(24)36)16-18-8-12-21(29)13-9-18/h3-14,31H,2,15-16H2,1H3,(H,32,34). The number of esters is 1. The molecule has 2 N–H and O–H groups in total. The van der Waals surface area contributed by atoms with Gasteiger partial charge in [-0.05, 0) is 60.5 Å². The minimum absolute atomic E-state index is 0.0222. The van der Waals surface area contributed by atoms with Crippen molar-refractivity contribution in [1.29, 1.82) is 0 Å². The lowest BCUT2D eigenvalue weighted by molar-refractivity contribution is -0.138. The number of imide groups is 1. The van der Waals surface area contributed by atoms with Crippen LogP contribution < -0.4 is 10.6 Å². The molecule has 0 saturated carbocycles. The number of nitrogens with zero attached hydrogens (tertiary/aromatic N) is 1. The average molecular weight is 552 g/mol. The average Bonchev–Trinajstić information content (AvgIpc) is 3.11. The van der Waals surface area contributed by atoms with E-state index in [0.717, 1.165) is 16.0 Å². The van der Waals surface area contributed by atoms with Gasteiger partial charge in [-0.3, -0.25) is 19.3 Å². The highest BCUT2D eigenvalue weighted by atomic mass is 35.5. The van der Waals surface area contributed by atoms with Crippen LogP contribution in [-0.4, -0.2) is 35.2 Å². The molecule has 0 radical (unpaired) electrons. The van der Waals surface area contributed by atoms with Crippen LogP contribution in [0, 0.1) is 0 Å². The number of anilines is 1. The summed E-state index contributed by atoms with van der Waals surface area (Å²) in [7, 11) is 0. The van der Waals surface area contributed by atoms with Gasteiger partial charge in [0.25, 0.3) is 17.7 Å². The second-order valence-electron chi connectivity index (χ2n) is 8.32. The van der Waals surface area contributed by atoms with Gasteiger partial charge in [-0.2, -0.15) is 0 Å². The van der Waals surface area contributed by atoms with E-state index in [-0.39, 0.29) is 36.3 Å². The molecule has 1 heterocycles. The molecule has 10 heteroatoms. The minimum Gasteiger partial charge on any atom is -0.462 e. The summed E-state index contributed by atoms with van der Waals surface area (Å²) in [6.45, 7) is 2.26. The van der Waals surface area contributed by atoms with Gasteiger partial charge in [-0.1, -0.05) is 53.5 Å². The summed E-state index contributed by atoms with van der Waals surface area (Å²) in [5.74, 6) is -1.92. The summed E-state index contributed by atoms with van der Waals surface area (Å²) in [4.78, 5) is 51.0. The number of carbonyl (C=O) groups is 4. The van der Waals surface area contributed by atoms with Crippen LogP contribution in [0.5, 0.6) is 0 Å². The summed E-state index contributed by atoms with van der Waals surface area (Å²) in [6.07, 6.45) is 0. The number of amides is 3. The first kappa shape index (κ1) is 26.9. The molecule has 4 rings (SSSR count). The number of nitrogens with one attached hydrogen (secondary N) is 2. The Morgan fingerprint density at radius 3 is 2.24 bits per heavy atom. The van der Waals surface area contributed by atoms with Crippen molar-refractivity contribution in [3.8, 4) is 0 Å². The first-order valence-electron chi connectivity index (χ1n) is 11.7. The molecule has 3 amide bonds. The summed E-state index contributed by atoms with van der Waals surface area (Å²) >= 11 is 12.1. The molecule has 0 saturated heterocycles. The van der Waals surface area contributed by atoms with Crippen LogP contribution in [0.1, 0.15) is 38.8 Å². The number of hydrogen-bond donors (Lipinski definition) is 2. The molecule has 0 atom stereocenters. The van der Waals surface area contributed by atoms with Crippen molar-refractivity contribution < 1.29 is 23.9 Å². The molecule has 0 aromatic heterocycles. The maximum atomic E-state index is 12.8. The molecule has 3 aromatic rings. The molecule has 0 bridgehead atoms. The molecule has 3 aromatic carbocycles. The molecule has 8 nitrogen and oxygen atoms in total. The Hall–Kier alpha value is -4.14. The third kappa shape index (κ3) is 6.22. The Morgan fingerprint density at radius 2 is 1.55 bits per heavy atom. The summed E-state index contributed by atoms with van der Waals surface area (Å²) in [6, 6.07) is 20.0. The molecule has 1 aliphatic heterocycles. The number of rotatable bonds is 9. The van der Waals surface area contributed by atoms with Crippen LogP contribution in [0.2, 0.25) is 5.02 Å². The van der Waals surface area contributed by atoms with Gasteiger partial charge in [0.1, 0.15) is 10.7 Å². The number of hydrogen-bond acceptors (Lipinski definition) is 6. The highest BCUT2D eigenvalue weighted by Gasteiger charge is 2.37. The first-order valence-corrected chi connectivity index (χ1v) is 12.4. The van der Waals surface area contributed by atoms with E-state index in [1.165, 1.54) is 0 Å². The number of benzene rings is 3. The maximum Gasteiger partial charge on any atom is 0.338 e. The van der Waals surface area contributed by atoms with Crippen molar-refractivity contribution >= 4 is 52.6 Å². The van der Waals surface area contributed by atoms with E-state index in [1.807, 2.05) is 0 Å². The number of halogens is 2. The van der Waals surface area contributed by atoms with E-state index in [9.17, 15) is 19.2 Å². The lowest BCUT2D eigenvalue weighted by atomic mass is 10.1. The third-order valence-electron chi connectivity index (χ3n) is 5.68. The van der Waals surface area contributed by atoms with Crippen molar-refractivity contribution in [3.63, 3.8) is 0 Å². The van der Waals surface area contributed by atoms with Crippen molar-refractivity contribution in [3.05, 3.63) is 111 Å². The van der Waals surface area contributed by atoms with Crippen LogP contribution in [0.4, 0.5) is 5.69 Å². The van der Waals surface area contributed by atoms with Crippen molar-refractivity contribution in [1.82, 2.24) is 10.2 Å². The van der Waals surface area contributed by atoms with E-state index in [4.69, 9.17) is 27.9 Å². The second-order valence-corrected chi connectivity index (χ2v) is 9.13. The molecule has 1 aliphatic rings. The molecule has 194 valence electrons. The van der Waals surface area contributed by atoms with Gasteiger partial charge in [0.15, 0.2) is 0 Å². The molecule has 0 aliphatic carbocycles. The summed E-state index contributed by atoms with van der Waals surface area (Å²) in [5.41, 5.74) is 2.72. The highest BCUT2D eigenvalue weighted by molar-refractivity contribution is 6.47. The fraction of sp³-hybridized carbons (Fsp3) is 0.143. The van der Waals surface area contributed by atoms with Gasteiger partial charge < -0.3 is 15.4 Å². The van der Waals surface area contributed by atoms with Crippen molar-refractivity contribution in [2.45, 2.75) is 20.0 Å². The topological polar surface area (TPSA) is 105 Å². The van der Waals surface area contributed by atoms with Gasteiger partial charge in [-0.15, -0.1) is 0 Å². The van der Waals surface area contributed by atoms with Crippen LogP contribution in [-0.2, 0) is 27.4 Å². The largest absolute Gasteiger partial charge is 0.462 e. The Kier molecular flexibility index (Phi) is 8.45. The van der Waals surface area contributed by atoms with E-state index in [1.54, 1.807) is 79.7 Å². The van der Waals surface area contributed by atoms with Gasteiger partial charge >= 0.3 is 5.97 Å². The predicted molar refractivity (Wildman–Crippen MR) is 144 cm³/mol. The Bertz CT molecular complexity index is 1420. The summed E-state index contributed by atoms with van der Waals surface area (Å²) in [5, 5.41) is 6.07. The molecule has 0 spiro atoms. The lowest BCUT2D eigenvalue weighted by Crippen LogP contribution is -2.33. The van der Waals surface area contributed by atoms with E-state index < -0.39 is 17.8 Å². The molecular formula is C28H23Cl2N3O5. The molecule has 0 unspecified atom stereocenters. The number of ether oxygens (including phenoxy) is 1. The lowest BCUT2D eigenvalue weighted by Gasteiger charge is -2.15. The van der Waals surface area contributed by atoms with E-state index >= 15 is 0 Å². The monoisotopic (exact) mass is 551 g/mol. The smallest absolute Gasteiger partial charge is 0.338 e. The Balaban J connectivity index is 1.35. The SMILES string of the molecule is CCOC(=O)c1cccc(NC(=O)c2ccc(CNC3=C(Cl)C(=O)N(Cc4ccc(Cl)cc4)C3=O)cc2)c1. The molecule has 38 heavy (non-hydrogen) atoms. The van der Waals surface area contributed by atoms with Crippen LogP contribution >= 0.6 is 23.2 Å². The molecular weight excluding hydrogens is 529 g/mol. The maximum absolute atomic E-state index is 12.8. The minimum atomic E-state index is -0.576. The molecule has 0 fully saturated rings. The van der Waals surface area contributed by atoms with Gasteiger partial charge in [-0.25, -0.2) is 4.79 Å².